The molecular formula is C16H14O. The highest BCUT2D eigenvalue weighted by atomic mass is 16.5. The minimum Gasteiger partial charge on any atom is -0.496 e. The zero-order chi connectivity index (χ0) is 11.8. The molecule has 0 radical (unpaired) electrons. The molecule has 0 aliphatic rings. The lowest BCUT2D eigenvalue weighted by Gasteiger charge is -2.10. The Morgan fingerprint density at radius 1 is 0.765 bits per heavy atom. The van der Waals surface area contributed by atoms with Gasteiger partial charge in [-0.2, -0.15) is 0 Å². The molecule has 1 nitrogen and oxygen atoms in total. The Balaban J connectivity index is 2.52. The molecule has 0 fully saturated rings. The fourth-order valence-electron chi connectivity index (χ4n) is 2.44. The maximum Gasteiger partial charge on any atom is 0.129 e. The van der Waals surface area contributed by atoms with Gasteiger partial charge in [-0.3, -0.25) is 0 Å². The van der Waals surface area contributed by atoms with Gasteiger partial charge in [-0.1, -0.05) is 48.5 Å². The van der Waals surface area contributed by atoms with Crippen molar-refractivity contribution in [2.45, 2.75) is 6.92 Å². The molecule has 0 N–H and O–H groups in total. The Labute approximate surface area is 101 Å². The minimum atomic E-state index is 0.980. The van der Waals surface area contributed by atoms with Gasteiger partial charge in [0.2, 0.25) is 0 Å². The molecule has 0 spiro atoms. The molecule has 0 bridgehead atoms. The fraction of sp³-hybridized carbons (Fsp3) is 0.125. The normalized spacial score (nSPS) is 10.9. The zero-order valence-electron chi connectivity index (χ0n) is 10.0. The lowest BCUT2D eigenvalue weighted by molar-refractivity contribution is 0.417. The smallest absolute Gasteiger partial charge is 0.129 e. The third-order valence-electron chi connectivity index (χ3n) is 3.28. The number of rotatable bonds is 1. The summed E-state index contributed by atoms with van der Waals surface area (Å²) in [6, 6.07) is 17.0. The zero-order valence-corrected chi connectivity index (χ0v) is 10.0. The van der Waals surface area contributed by atoms with Crippen molar-refractivity contribution in [3.05, 3.63) is 54.1 Å². The van der Waals surface area contributed by atoms with Gasteiger partial charge in [0, 0.05) is 5.39 Å². The van der Waals surface area contributed by atoms with Gasteiger partial charge in [-0.25, -0.2) is 0 Å². The molecule has 84 valence electrons. The van der Waals surface area contributed by atoms with Crippen LogP contribution < -0.4 is 4.74 Å². The SMILES string of the molecule is COc1c(C)ccc2c1ccc1ccccc12. The van der Waals surface area contributed by atoms with Crippen LogP contribution >= 0.6 is 0 Å². The van der Waals surface area contributed by atoms with Crippen LogP contribution in [0.4, 0.5) is 0 Å². The van der Waals surface area contributed by atoms with Gasteiger partial charge in [-0.15, -0.1) is 0 Å². The first kappa shape index (κ1) is 10.2. The van der Waals surface area contributed by atoms with Gasteiger partial charge in [-0.05, 0) is 28.6 Å². The van der Waals surface area contributed by atoms with E-state index in [2.05, 4.69) is 55.5 Å². The third kappa shape index (κ3) is 1.47. The first-order valence-corrected chi connectivity index (χ1v) is 5.76. The summed E-state index contributed by atoms with van der Waals surface area (Å²) in [4.78, 5) is 0. The molecule has 0 aliphatic heterocycles. The lowest BCUT2D eigenvalue weighted by atomic mass is 9.99. The van der Waals surface area contributed by atoms with Crippen molar-refractivity contribution in [2.75, 3.05) is 7.11 Å². The molecule has 3 rings (SSSR count). The molecule has 3 aromatic rings. The van der Waals surface area contributed by atoms with E-state index in [-0.39, 0.29) is 0 Å². The van der Waals surface area contributed by atoms with E-state index in [0.717, 1.165) is 5.75 Å². The van der Waals surface area contributed by atoms with E-state index in [1.54, 1.807) is 7.11 Å². The number of ether oxygens (including phenoxy) is 1. The lowest BCUT2D eigenvalue weighted by Crippen LogP contribution is -1.89. The average molecular weight is 222 g/mol. The molecule has 3 aromatic carbocycles. The van der Waals surface area contributed by atoms with Gasteiger partial charge in [0.15, 0.2) is 0 Å². The molecule has 0 aliphatic carbocycles. The number of fused-ring (bicyclic) bond motifs is 3. The molecule has 0 heterocycles. The van der Waals surface area contributed by atoms with Crippen LogP contribution in [0.3, 0.4) is 0 Å². The first-order valence-electron chi connectivity index (χ1n) is 5.76. The number of methoxy groups -OCH3 is 1. The predicted molar refractivity (Wildman–Crippen MR) is 72.7 cm³/mol. The second-order valence-electron chi connectivity index (χ2n) is 4.30. The Bertz CT molecular complexity index is 698. The minimum absolute atomic E-state index is 0.980. The van der Waals surface area contributed by atoms with Gasteiger partial charge >= 0.3 is 0 Å². The maximum atomic E-state index is 5.51. The van der Waals surface area contributed by atoms with Crippen molar-refractivity contribution in [1.29, 1.82) is 0 Å². The van der Waals surface area contributed by atoms with Crippen molar-refractivity contribution in [3.8, 4) is 5.75 Å². The number of aryl methyl sites for hydroxylation is 1. The highest BCUT2D eigenvalue weighted by Crippen LogP contribution is 2.33. The van der Waals surface area contributed by atoms with E-state index >= 15 is 0 Å². The number of hydrogen-bond acceptors (Lipinski definition) is 1. The summed E-state index contributed by atoms with van der Waals surface area (Å²) in [7, 11) is 1.73. The summed E-state index contributed by atoms with van der Waals surface area (Å²) in [5.74, 6) is 0.980. The van der Waals surface area contributed by atoms with Crippen LogP contribution in [0.25, 0.3) is 21.5 Å². The van der Waals surface area contributed by atoms with Crippen LogP contribution in [0.15, 0.2) is 48.5 Å². The second kappa shape index (κ2) is 3.77. The van der Waals surface area contributed by atoms with E-state index in [1.807, 2.05) is 0 Å². The van der Waals surface area contributed by atoms with Gasteiger partial charge in [0.25, 0.3) is 0 Å². The Morgan fingerprint density at radius 3 is 2.35 bits per heavy atom. The van der Waals surface area contributed by atoms with Crippen molar-refractivity contribution < 1.29 is 4.74 Å². The maximum absolute atomic E-state index is 5.51. The quantitative estimate of drug-likeness (QED) is 0.557. The molecule has 0 unspecified atom stereocenters. The molecule has 0 atom stereocenters. The number of benzene rings is 3. The highest BCUT2D eigenvalue weighted by molar-refractivity contribution is 6.09. The van der Waals surface area contributed by atoms with Crippen molar-refractivity contribution in [2.24, 2.45) is 0 Å². The molecule has 0 amide bonds. The standard InChI is InChI=1S/C16H14O/c1-11-7-9-14-13-6-4-3-5-12(13)8-10-15(14)16(11)17-2/h3-10H,1-2H3. The number of hydrogen-bond donors (Lipinski definition) is 0. The fourth-order valence-corrected chi connectivity index (χ4v) is 2.44. The van der Waals surface area contributed by atoms with E-state index in [1.165, 1.54) is 27.1 Å². The predicted octanol–water partition coefficient (Wildman–Crippen LogP) is 4.31. The molecule has 0 saturated heterocycles. The Kier molecular flexibility index (Phi) is 2.25. The van der Waals surface area contributed by atoms with E-state index in [9.17, 15) is 0 Å². The molecule has 17 heavy (non-hydrogen) atoms. The van der Waals surface area contributed by atoms with Crippen LogP contribution in [-0.2, 0) is 0 Å². The van der Waals surface area contributed by atoms with E-state index < -0.39 is 0 Å². The van der Waals surface area contributed by atoms with Crippen molar-refractivity contribution in [1.82, 2.24) is 0 Å². The second-order valence-corrected chi connectivity index (χ2v) is 4.30. The van der Waals surface area contributed by atoms with Crippen LogP contribution in [0.5, 0.6) is 5.75 Å². The summed E-state index contributed by atoms with van der Waals surface area (Å²) in [5.41, 5.74) is 1.18. The van der Waals surface area contributed by atoms with E-state index in [4.69, 9.17) is 4.74 Å². The largest absolute Gasteiger partial charge is 0.496 e. The van der Waals surface area contributed by atoms with Crippen LogP contribution in [-0.4, -0.2) is 7.11 Å². The summed E-state index contributed by atoms with van der Waals surface area (Å²) in [5, 5.41) is 4.99. The summed E-state index contributed by atoms with van der Waals surface area (Å²) in [6.45, 7) is 2.08. The topological polar surface area (TPSA) is 9.23 Å². The van der Waals surface area contributed by atoms with Crippen LogP contribution in [0.1, 0.15) is 5.56 Å². The monoisotopic (exact) mass is 222 g/mol. The van der Waals surface area contributed by atoms with Gasteiger partial charge in [0.05, 0.1) is 7.11 Å². The summed E-state index contributed by atoms with van der Waals surface area (Å²) < 4.78 is 5.51. The van der Waals surface area contributed by atoms with Gasteiger partial charge in [0.1, 0.15) is 5.75 Å². The van der Waals surface area contributed by atoms with Gasteiger partial charge < -0.3 is 4.74 Å². The Hall–Kier alpha value is -2.02. The summed E-state index contributed by atoms with van der Waals surface area (Å²) >= 11 is 0. The molecular weight excluding hydrogens is 208 g/mol. The third-order valence-corrected chi connectivity index (χ3v) is 3.28. The molecule has 1 heteroatoms. The van der Waals surface area contributed by atoms with Crippen molar-refractivity contribution in [3.63, 3.8) is 0 Å². The van der Waals surface area contributed by atoms with Crippen LogP contribution in [0.2, 0.25) is 0 Å². The van der Waals surface area contributed by atoms with Crippen molar-refractivity contribution >= 4 is 21.5 Å². The Morgan fingerprint density at radius 2 is 1.53 bits per heavy atom. The average Bonchev–Trinajstić information content (AvgIpc) is 2.38. The van der Waals surface area contributed by atoms with E-state index in [0.29, 0.717) is 0 Å². The summed E-state index contributed by atoms with van der Waals surface area (Å²) in [6.07, 6.45) is 0. The molecule has 0 saturated carbocycles. The first-order chi connectivity index (χ1) is 8.31. The van der Waals surface area contributed by atoms with Crippen LogP contribution in [0, 0.1) is 6.92 Å². The molecule has 0 aromatic heterocycles. The highest BCUT2D eigenvalue weighted by Gasteiger charge is 2.07.